The van der Waals surface area contributed by atoms with Gasteiger partial charge in [0.15, 0.2) is 0 Å². The predicted molar refractivity (Wildman–Crippen MR) is 141 cm³/mol. The molecule has 2 saturated carbocycles. The highest BCUT2D eigenvalue weighted by Gasteiger charge is 2.23. The van der Waals surface area contributed by atoms with Crippen LogP contribution in [0.15, 0.2) is 27.8 Å². The molecular formula is C27H36N6O4. The monoisotopic (exact) mass is 508 g/mol. The van der Waals surface area contributed by atoms with Crippen molar-refractivity contribution in [1.29, 1.82) is 0 Å². The Morgan fingerprint density at radius 2 is 1.62 bits per heavy atom. The Hall–Kier alpha value is -3.43. The van der Waals surface area contributed by atoms with Crippen molar-refractivity contribution in [3.05, 3.63) is 44.6 Å². The van der Waals surface area contributed by atoms with E-state index >= 15 is 0 Å². The molecule has 1 aromatic carbocycles. The maximum atomic E-state index is 13.5. The molecule has 198 valence electrons. The average molecular weight is 509 g/mol. The van der Waals surface area contributed by atoms with Gasteiger partial charge < -0.3 is 10.6 Å². The van der Waals surface area contributed by atoms with Crippen molar-refractivity contribution < 1.29 is 9.59 Å². The summed E-state index contributed by atoms with van der Waals surface area (Å²) in [7, 11) is 0. The summed E-state index contributed by atoms with van der Waals surface area (Å²) in [5, 5.41) is 10.8. The first-order valence-electron chi connectivity index (χ1n) is 13.6. The van der Waals surface area contributed by atoms with E-state index in [1.165, 1.54) is 15.4 Å². The zero-order valence-electron chi connectivity index (χ0n) is 21.7. The largest absolute Gasteiger partial charge is 0.352 e. The number of aromatic nitrogens is 4. The molecule has 10 heteroatoms. The minimum atomic E-state index is -0.510. The molecule has 2 aliphatic rings. The second kappa shape index (κ2) is 10.5. The molecular weight excluding hydrogens is 472 g/mol. The van der Waals surface area contributed by atoms with Crippen LogP contribution in [0.1, 0.15) is 82.0 Å². The summed E-state index contributed by atoms with van der Waals surface area (Å²) in [5.41, 5.74) is -0.0744. The van der Waals surface area contributed by atoms with E-state index in [-0.39, 0.29) is 47.7 Å². The molecule has 37 heavy (non-hydrogen) atoms. The van der Waals surface area contributed by atoms with Gasteiger partial charge in [0.1, 0.15) is 6.54 Å². The van der Waals surface area contributed by atoms with Gasteiger partial charge in [-0.25, -0.2) is 13.9 Å². The van der Waals surface area contributed by atoms with E-state index in [2.05, 4.69) is 15.7 Å². The quantitative estimate of drug-likeness (QED) is 0.508. The third kappa shape index (κ3) is 5.19. The zero-order chi connectivity index (χ0) is 26.1. The van der Waals surface area contributed by atoms with E-state index in [1.54, 1.807) is 18.2 Å². The van der Waals surface area contributed by atoms with E-state index < -0.39 is 5.69 Å². The Kier molecular flexibility index (Phi) is 7.17. The molecule has 10 nitrogen and oxygen atoms in total. The molecule has 5 rings (SSSR count). The van der Waals surface area contributed by atoms with E-state index in [1.807, 2.05) is 13.8 Å². The zero-order valence-corrected chi connectivity index (χ0v) is 21.7. The third-order valence-corrected chi connectivity index (χ3v) is 7.54. The van der Waals surface area contributed by atoms with Gasteiger partial charge >= 0.3 is 5.69 Å². The number of benzene rings is 1. The average Bonchev–Trinajstić information content (AvgIpc) is 3.49. The highest BCUT2D eigenvalue weighted by atomic mass is 16.2. The van der Waals surface area contributed by atoms with Crippen molar-refractivity contribution >= 4 is 28.5 Å². The fourth-order valence-electron chi connectivity index (χ4n) is 5.68. The lowest BCUT2D eigenvalue weighted by atomic mass is 9.95. The van der Waals surface area contributed by atoms with E-state index in [9.17, 15) is 19.2 Å². The number of nitrogens with one attached hydrogen (secondary N) is 2. The van der Waals surface area contributed by atoms with Crippen LogP contribution in [0.2, 0.25) is 0 Å². The van der Waals surface area contributed by atoms with Crippen LogP contribution in [0, 0.1) is 5.92 Å². The van der Waals surface area contributed by atoms with E-state index in [0.717, 1.165) is 56.0 Å². The molecule has 2 N–H and O–H groups in total. The Labute approximate surface area is 215 Å². The maximum Gasteiger partial charge on any atom is 0.352 e. The van der Waals surface area contributed by atoms with Crippen molar-refractivity contribution in [3.63, 3.8) is 0 Å². The number of carbonyl (C=O) groups excluding carboxylic acids is 2. The normalized spacial score (nSPS) is 17.2. The van der Waals surface area contributed by atoms with Gasteiger partial charge in [-0.2, -0.15) is 0 Å². The van der Waals surface area contributed by atoms with Crippen LogP contribution in [0.3, 0.4) is 0 Å². The van der Waals surface area contributed by atoms with Gasteiger partial charge in [0.2, 0.25) is 11.7 Å². The lowest BCUT2D eigenvalue weighted by Gasteiger charge is -2.22. The Morgan fingerprint density at radius 3 is 2.30 bits per heavy atom. The van der Waals surface area contributed by atoms with Crippen LogP contribution in [-0.4, -0.2) is 42.6 Å². The second-order valence-electron chi connectivity index (χ2n) is 11.0. The SMILES string of the molecule is CC(C)Cn1c(=O)c2ccc(C(=O)NC3CCCCC3)cc2n2c(=O)n(CC(=O)NC3CCCC3)nc12. The maximum absolute atomic E-state index is 13.5. The van der Waals surface area contributed by atoms with Crippen LogP contribution >= 0.6 is 0 Å². The first-order chi connectivity index (χ1) is 17.8. The number of fused-ring (bicyclic) bond motifs is 3. The smallest absolute Gasteiger partial charge is 0.352 e. The molecule has 0 bridgehead atoms. The van der Waals surface area contributed by atoms with Gasteiger partial charge in [-0.05, 0) is 49.8 Å². The van der Waals surface area contributed by atoms with Gasteiger partial charge in [-0.3, -0.25) is 19.0 Å². The molecule has 0 atom stereocenters. The summed E-state index contributed by atoms with van der Waals surface area (Å²) in [6, 6.07) is 5.11. The van der Waals surface area contributed by atoms with Crippen molar-refractivity contribution in [2.45, 2.75) is 96.8 Å². The summed E-state index contributed by atoms with van der Waals surface area (Å²) >= 11 is 0. The highest BCUT2D eigenvalue weighted by Crippen LogP contribution is 2.20. The van der Waals surface area contributed by atoms with Crippen LogP contribution in [0.25, 0.3) is 16.7 Å². The van der Waals surface area contributed by atoms with Gasteiger partial charge in [0.25, 0.3) is 11.5 Å². The fraction of sp³-hybridized carbons (Fsp3) is 0.593. The van der Waals surface area contributed by atoms with Gasteiger partial charge in [-0.15, -0.1) is 5.10 Å². The Balaban J connectivity index is 1.56. The molecule has 2 aliphatic carbocycles. The number of hydrogen-bond donors (Lipinski definition) is 2. The summed E-state index contributed by atoms with van der Waals surface area (Å²) in [5.74, 6) is -0.183. The van der Waals surface area contributed by atoms with Crippen molar-refractivity contribution in [3.8, 4) is 0 Å². The molecule has 2 amide bonds. The predicted octanol–water partition coefficient (Wildman–Crippen LogP) is 2.59. The van der Waals surface area contributed by atoms with Gasteiger partial charge in [-0.1, -0.05) is 46.0 Å². The molecule has 3 aromatic rings. The highest BCUT2D eigenvalue weighted by molar-refractivity contribution is 5.98. The van der Waals surface area contributed by atoms with Gasteiger partial charge in [0, 0.05) is 24.2 Å². The van der Waals surface area contributed by atoms with Crippen LogP contribution < -0.4 is 21.9 Å². The Morgan fingerprint density at radius 1 is 0.973 bits per heavy atom. The van der Waals surface area contributed by atoms with Crippen molar-refractivity contribution in [1.82, 2.24) is 29.4 Å². The van der Waals surface area contributed by atoms with Crippen LogP contribution in [0.5, 0.6) is 0 Å². The molecule has 0 radical (unpaired) electrons. The molecule has 0 spiro atoms. The summed E-state index contributed by atoms with van der Waals surface area (Å²) in [4.78, 5) is 52.7. The van der Waals surface area contributed by atoms with Crippen LogP contribution in [0.4, 0.5) is 0 Å². The second-order valence-corrected chi connectivity index (χ2v) is 11.0. The fourth-order valence-corrected chi connectivity index (χ4v) is 5.68. The summed E-state index contributed by atoms with van der Waals surface area (Å²) in [6.45, 7) is 4.11. The number of amides is 2. The minimum absolute atomic E-state index is 0.130. The molecule has 2 aromatic heterocycles. The molecule has 0 aliphatic heterocycles. The number of carbonyl (C=O) groups is 2. The van der Waals surface area contributed by atoms with Gasteiger partial charge in [0.05, 0.1) is 10.9 Å². The van der Waals surface area contributed by atoms with Crippen molar-refractivity contribution in [2.75, 3.05) is 0 Å². The van der Waals surface area contributed by atoms with Crippen molar-refractivity contribution in [2.24, 2.45) is 5.92 Å². The molecule has 2 fully saturated rings. The number of hydrogen-bond acceptors (Lipinski definition) is 5. The van der Waals surface area contributed by atoms with E-state index in [0.29, 0.717) is 23.0 Å². The minimum Gasteiger partial charge on any atom is -0.352 e. The first-order valence-corrected chi connectivity index (χ1v) is 13.6. The molecule has 2 heterocycles. The lowest BCUT2D eigenvalue weighted by molar-refractivity contribution is -0.122. The number of rotatable bonds is 7. The lowest BCUT2D eigenvalue weighted by Crippen LogP contribution is -2.37. The third-order valence-electron chi connectivity index (χ3n) is 7.54. The molecule has 0 unspecified atom stereocenters. The van der Waals surface area contributed by atoms with Crippen LogP contribution in [-0.2, 0) is 17.9 Å². The molecule has 0 saturated heterocycles. The van der Waals surface area contributed by atoms with E-state index in [4.69, 9.17) is 0 Å². The summed E-state index contributed by atoms with van der Waals surface area (Å²) < 4.78 is 3.96. The topological polar surface area (TPSA) is 120 Å². The standard InChI is InChI=1S/C27H36N6O4/c1-17(2)15-31-25(36)21-13-12-18(24(35)29-20-8-4-3-5-9-20)14-22(21)33-26(31)30-32(27(33)37)16-23(34)28-19-10-6-7-11-19/h12-14,17,19-20H,3-11,15-16H2,1-2H3,(H,28,34)(H,29,35). The number of nitrogens with zero attached hydrogens (tertiary/aromatic N) is 4. The summed E-state index contributed by atoms with van der Waals surface area (Å²) in [6.07, 6.45) is 9.36. The first kappa shape index (κ1) is 25.2. The Bertz CT molecular complexity index is 1440.